The number of rotatable bonds is 5. The van der Waals surface area contributed by atoms with Gasteiger partial charge in [-0.05, 0) is 73.7 Å². The Morgan fingerprint density at radius 2 is 1.79 bits per heavy atom. The summed E-state index contributed by atoms with van der Waals surface area (Å²) in [5.74, 6) is -0.425. The number of benzene rings is 2. The molecule has 0 saturated carbocycles. The number of fused-ring (bicyclic) bond motifs is 1. The first kappa shape index (κ1) is 16.5. The topological polar surface area (TPSA) is 72.5 Å². The van der Waals surface area contributed by atoms with Gasteiger partial charge in [0.05, 0.1) is 17.1 Å². The molecule has 1 aliphatic carbocycles. The standard InChI is InChI=1S/C18H19NO4S/c1-2-23-18(20)14-6-9-16(10-7-14)19-24(21,22)17-11-8-13-4-3-5-15(13)12-17/h6-12,19H,2-5H2,1H3. The molecule has 6 heteroatoms. The Balaban J connectivity index is 1.78. The van der Waals surface area contributed by atoms with Crippen LogP contribution in [0.15, 0.2) is 47.4 Å². The molecule has 0 unspecified atom stereocenters. The molecular weight excluding hydrogens is 326 g/mol. The summed E-state index contributed by atoms with van der Waals surface area (Å²) >= 11 is 0. The fraction of sp³-hybridized carbons (Fsp3) is 0.278. The summed E-state index contributed by atoms with van der Waals surface area (Å²) in [7, 11) is -3.64. The maximum atomic E-state index is 12.5. The van der Waals surface area contributed by atoms with E-state index in [0.717, 1.165) is 24.8 Å². The third kappa shape index (κ3) is 3.43. The second-order valence-electron chi connectivity index (χ2n) is 5.69. The van der Waals surface area contributed by atoms with E-state index in [0.29, 0.717) is 17.9 Å². The maximum absolute atomic E-state index is 12.5. The summed E-state index contributed by atoms with van der Waals surface area (Å²) in [5.41, 5.74) is 3.13. The molecule has 0 saturated heterocycles. The second-order valence-corrected chi connectivity index (χ2v) is 7.37. The second kappa shape index (κ2) is 6.65. The zero-order valence-electron chi connectivity index (χ0n) is 13.4. The van der Waals surface area contributed by atoms with Gasteiger partial charge >= 0.3 is 5.97 Å². The van der Waals surface area contributed by atoms with Crippen molar-refractivity contribution in [2.24, 2.45) is 0 Å². The lowest BCUT2D eigenvalue weighted by atomic mass is 10.1. The largest absolute Gasteiger partial charge is 0.462 e. The molecule has 0 heterocycles. The monoisotopic (exact) mass is 345 g/mol. The third-order valence-electron chi connectivity index (χ3n) is 4.03. The van der Waals surface area contributed by atoms with Gasteiger partial charge in [-0.25, -0.2) is 13.2 Å². The van der Waals surface area contributed by atoms with E-state index in [1.165, 1.54) is 5.56 Å². The molecule has 3 rings (SSSR count). The molecule has 0 bridgehead atoms. The number of hydrogen-bond acceptors (Lipinski definition) is 4. The van der Waals surface area contributed by atoms with Crippen molar-refractivity contribution in [3.8, 4) is 0 Å². The van der Waals surface area contributed by atoms with Gasteiger partial charge in [-0.3, -0.25) is 4.72 Å². The molecule has 1 N–H and O–H groups in total. The maximum Gasteiger partial charge on any atom is 0.338 e. The SMILES string of the molecule is CCOC(=O)c1ccc(NS(=O)(=O)c2ccc3c(c2)CCC3)cc1. The van der Waals surface area contributed by atoms with Crippen LogP contribution in [0.2, 0.25) is 0 Å². The van der Waals surface area contributed by atoms with Crippen LogP contribution in [0.4, 0.5) is 5.69 Å². The van der Waals surface area contributed by atoms with Crippen molar-refractivity contribution in [3.05, 3.63) is 59.2 Å². The number of esters is 1. The lowest BCUT2D eigenvalue weighted by Gasteiger charge is -2.10. The van der Waals surface area contributed by atoms with Crippen LogP contribution in [0.5, 0.6) is 0 Å². The van der Waals surface area contributed by atoms with Gasteiger partial charge in [0, 0.05) is 5.69 Å². The third-order valence-corrected chi connectivity index (χ3v) is 5.41. The van der Waals surface area contributed by atoms with E-state index in [1.807, 2.05) is 6.07 Å². The van der Waals surface area contributed by atoms with Crippen molar-refractivity contribution in [3.63, 3.8) is 0 Å². The molecule has 5 nitrogen and oxygen atoms in total. The van der Waals surface area contributed by atoms with Gasteiger partial charge in [0.1, 0.15) is 0 Å². The predicted molar refractivity (Wildman–Crippen MR) is 91.7 cm³/mol. The van der Waals surface area contributed by atoms with Gasteiger partial charge in [0.2, 0.25) is 0 Å². The van der Waals surface area contributed by atoms with Crippen LogP contribution in [0, 0.1) is 0 Å². The Kier molecular flexibility index (Phi) is 4.57. The fourth-order valence-corrected chi connectivity index (χ4v) is 3.93. The summed E-state index contributed by atoms with van der Waals surface area (Å²) in [4.78, 5) is 11.9. The minimum Gasteiger partial charge on any atom is -0.462 e. The smallest absolute Gasteiger partial charge is 0.338 e. The van der Waals surface area contributed by atoms with Crippen LogP contribution in [0.3, 0.4) is 0 Å². The van der Waals surface area contributed by atoms with Gasteiger partial charge < -0.3 is 4.74 Å². The first-order valence-corrected chi connectivity index (χ1v) is 9.40. The van der Waals surface area contributed by atoms with E-state index in [1.54, 1.807) is 43.3 Å². The fourth-order valence-electron chi connectivity index (χ4n) is 2.82. The normalized spacial score (nSPS) is 13.4. The van der Waals surface area contributed by atoms with Gasteiger partial charge in [0.15, 0.2) is 0 Å². The Hall–Kier alpha value is -2.34. The number of carbonyl (C=O) groups excluding carboxylic acids is 1. The Bertz CT molecular complexity index is 857. The summed E-state index contributed by atoms with van der Waals surface area (Å²) < 4.78 is 32.5. The number of hydrogen-bond donors (Lipinski definition) is 1. The number of carbonyl (C=O) groups is 1. The highest BCUT2D eigenvalue weighted by Gasteiger charge is 2.18. The molecular formula is C18H19NO4S. The van der Waals surface area contributed by atoms with Crippen molar-refractivity contribution in [1.29, 1.82) is 0 Å². The Labute approximate surface area is 141 Å². The molecule has 0 atom stereocenters. The highest BCUT2D eigenvalue weighted by atomic mass is 32.2. The average molecular weight is 345 g/mol. The quantitative estimate of drug-likeness (QED) is 0.845. The van der Waals surface area contributed by atoms with Crippen LogP contribution in [-0.2, 0) is 27.6 Å². The molecule has 0 aliphatic heterocycles. The number of ether oxygens (including phenoxy) is 1. The molecule has 1 aliphatic rings. The van der Waals surface area contributed by atoms with Crippen LogP contribution >= 0.6 is 0 Å². The predicted octanol–water partition coefficient (Wildman–Crippen LogP) is 3.15. The van der Waals surface area contributed by atoms with Gasteiger partial charge in [-0.1, -0.05) is 6.07 Å². The first-order chi connectivity index (χ1) is 11.5. The summed E-state index contributed by atoms with van der Waals surface area (Å²) in [6.45, 7) is 2.03. The average Bonchev–Trinajstić information content (AvgIpc) is 3.03. The molecule has 0 fully saturated rings. The van der Waals surface area contributed by atoms with Crippen LogP contribution < -0.4 is 4.72 Å². The molecule has 24 heavy (non-hydrogen) atoms. The zero-order chi connectivity index (χ0) is 17.2. The highest BCUT2D eigenvalue weighted by Crippen LogP contribution is 2.26. The lowest BCUT2D eigenvalue weighted by molar-refractivity contribution is 0.0526. The van der Waals surface area contributed by atoms with Crippen LogP contribution in [-0.4, -0.2) is 21.0 Å². The molecule has 0 spiro atoms. The summed E-state index contributed by atoms with van der Waals surface area (Å²) in [6, 6.07) is 11.5. The van der Waals surface area contributed by atoms with Crippen molar-refractivity contribution >= 4 is 21.7 Å². The van der Waals surface area contributed by atoms with Crippen molar-refractivity contribution in [1.82, 2.24) is 0 Å². The number of nitrogens with one attached hydrogen (secondary N) is 1. The zero-order valence-corrected chi connectivity index (χ0v) is 14.2. The van der Waals surface area contributed by atoms with Crippen LogP contribution in [0.25, 0.3) is 0 Å². The van der Waals surface area contributed by atoms with E-state index < -0.39 is 16.0 Å². The van der Waals surface area contributed by atoms with Gasteiger partial charge in [0.25, 0.3) is 10.0 Å². The van der Waals surface area contributed by atoms with E-state index >= 15 is 0 Å². The van der Waals surface area contributed by atoms with E-state index in [-0.39, 0.29) is 4.90 Å². The van der Waals surface area contributed by atoms with Crippen LogP contribution in [0.1, 0.15) is 34.8 Å². The van der Waals surface area contributed by atoms with E-state index in [4.69, 9.17) is 4.74 Å². The lowest BCUT2D eigenvalue weighted by Crippen LogP contribution is -2.13. The molecule has 0 amide bonds. The molecule has 0 radical (unpaired) electrons. The van der Waals surface area contributed by atoms with E-state index in [9.17, 15) is 13.2 Å². The number of aryl methyl sites for hydroxylation is 2. The summed E-state index contributed by atoms with van der Waals surface area (Å²) in [5, 5.41) is 0. The van der Waals surface area contributed by atoms with Crippen molar-refractivity contribution in [2.45, 2.75) is 31.1 Å². The first-order valence-electron chi connectivity index (χ1n) is 7.91. The molecule has 2 aromatic rings. The molecule has 126 valence electrons. The minimum absolute atomic E-state index is 0.262. The summed E-state index contributed by atoms with van der Waals surface area (Å²) in [6.07, 6.45) is 3.01. The Morgan fingerprint density at radius 1 is 1.08 bits per heavy atom. The Morgan fingerprint density at radius 3 is 2.50 bits per heavy atom. The highest BCUT2D eigenvalue weighted by molar-refractivity contribution is 7.92. The van der Waals surface area contributed by atoms with Crippen molar-refractivity contribution < 1.29 is 17.9 Å². The number of sulfonamides is 1. The van der Waals surface area contributed by atoms with Gasteiger partial charge in [-0.2, -0.15) is 0 Å². The van der Waals surface area contributed by atoms with Crippen molar-refractivity contribution in [2.75, 3.05) is 11.3 Å². The molecule has 0 aromatic heterocycles. The number of anilines is 1. The molecule has 2 aromatic carbocycles. The van der Waals surface area contributed by atoms with Gasteiger partial charge in [-0.15, -0.1) is 0 Å². The van der Waals surface area contributed by atoms with E-state index in [2.05, 4.69) is 4.72 Å². The minimum atomic E-state index is -3.64.